The number of aromatic nitrogens is 2. The Labute approximate surface area is 208 Å². The number of carbonyl (C=O) groups excluding carboxylic acids is 3. The van der Waals surface area contributed by atoms with Crippen LogP contribution in [0.4, 0.5) is 4.79 Å². The lowest BCUT2D eigenvalue weighted by Gasteiger charge is -2.19. The van der Waals surface area contributed by atoms with E-state index in [4.69, 9.17) is 17.3 Å². The lowest BCUT2D eigenvalue weighted by molar-refractivity contribution is 0.0791. The molecule has 9 nitrogen and oxygen atoms in total. The molecule has 0 saturated carbocycles. The SMILES string of the molecule is Cc1cc(C(=O)N[C@@H](CCCNC(N)=O)c2nc3cc(Cl)ccc3[nH]2)ccc1C(=O)N1CCCC1. The zero-order valence-corrected chi connectivity index (χ0v) is 20.3. The van der Waals surface area contributed by atoms with E-state index in [9.17, 15) is 14.4 Å². The minimum Gasteiger partial charge on any atom is -0.352 e. The highest BCUT2D eigenvalue weighted by Gasteiger charge is 2.23. The van der Waals surface area contributed by atoms with E-state index >= 15 is 0 Å². The third-order valence-corrected chi connectivity index (χ3v) is 6.41. The number of imidazole rings is 1. The number of hydrogen-bond acceptors (Lipinski definition) is 4. The van der Waals surface area contributed by atoms with Crippen LogP contribution in [0.1, 0.15) is 63.8 Å². The Morgan fingerprint density at radius 2 is 1.94 bits per heavy atom. The topological polar surface area (TPSA) is 133 Å². The van der Waals surface area contributed by atoms with E-state index in [1.54, 1.807) is 30.3 Å². The fourth-order valence-electron chi connectivity index (χ4n) is 4.34. The summed E-state index contributed by atoms with van der Waals surface area (Å²) in [5.41, 5.74) is 8.49. The predicted molar refractivity (Wildman–Crippen MR) is 134 cm³/mol. The molecule has 1 fully saturated rings. The van der Waals surface area contributed by atoms with Gasteiger partial charge in [0.2, 0.25) is 0 Å². The highest BCUT2D eigenvalue weighted by atomic mass is 35.5. The second kappa shape index (κ2) is 10.8. The Kier molecular flexibility index (Phi) is 7.55. The number of nitrogens with two attached hydrogens (primary N) is 1. The van der Waals surface area contributed by atoms with Crippen molar-refractivity contribution in [2.75, 3.05) is 19.6 Å². The number of nitrogens with one attached hydrogen (secondary N) is 3. The van der Waals surface area contributed by atoms with Crippen LogP contribution in [0, 0.1) is 6.92 Å². The van der Waals surface area contributed by atoms with Crippen molar-refractivity contribution in [1.82, 2.24) is 25.5 Å². The van der Waals surface area contributed by atoms with Gasteiger partial charge in [-0.15, -0.1) is 0 Å². The molecule has 0 aliphatic carbocycles. The van der Waals surface area contributed by atoms with E-state index in [1.807, 2.05) is 17.9 Å². The summed E-state index contributed by atoms with van der Waals surface area (Å²) in [6.45, 7) is 3.77. The molecule has 2 heterocycles. The molecule has 10 heteroatoms. The van der Waals surface area contributed by atoms with Crippen molar-refractivity contribution in [3.63, 3.8) is 0 Å². The van der Waals surface area contributed by atoms with Crippen LogP contribution in [0.15, 0.2) is 36.4 Å². The molecule has 3 aromatic rings. The minimum absolute atomic E-state index is 0.00715. The third-order valence-electron chi connectivity index (χ3n) is 6.18. The van der Waals surface area contributed by atoms with E-state index in [1.165, 1.54) is 0 Å². The smallest absolute Gasteiger partial charge is 0.312 e. The summed E-state index contributed by atoms with van der Waals surface area (Å²) < 4.78 is 0. The van der Waals surface area contributed by atoms with E-state index < -0.39 is 12.1 Å². The number of benzene rings is 2. The molecule has 4 rings (SSSR count). The zero-order valence-electron chi connectivity index (χ0n) is 19.6. The number of likely N-dealkylation sites (tertiary alicyclic amines) is 1. The number of fused-ring (bicyclic) bond motifs is 1. The number of halogens is 1. The number of aryl methyl sites for hydroxylation is 1. The Morgan fingerprint density at radius 1 is 1.17 bits per heavy atom. The highest BCUT2D eigenvalue weighted by Crippen LogP contribution is 2.23. The van der Waals surface area contributed by atoms with Gasteiger partial charge in [0.25, 0.3) is 11.8 Å². The average molecular weight is 497 g/mol. The van der Waals surface area contributed by atoms with Gasteiger partial charge in [0.1, 0.15) is 5.82 Å². The maximum Gasteiger partial charge on any atom is 0.312 e. The number of amides is 4. The first kappa shape index (κ1) is 24.5. The number of aromatic amines is 1. The predicted octanol–water partition coefficient (Wildman–Crippen LogP) is 3.68. The number of carbonyl (C=O) groups is 3. The molecule has 0 spiro atoms. The second-order valence-corrected chi connectivity index (χ2v) is 9.21. The van der Waals surface area contributed by atoms with E-state index in [0.717, 1.165) is 37.0 Å². The van der Waals surface area contributed by atoms with E-state index in [2.05, 4.69) is 20.6 Å². The molecule has 5 N–H and O–H groups in total. The van der Waals surface area contributed by atoms with Gasteiger partial charge in [-0.2, -0.15) is 0 Å². The molecule has 2 aromatic carbocycles. The molecule has 35 heavy (non-hydrogen) atoms. The monoisotopic (exact) mass is 496 g/mol. The quantitative estimate of drug-likeness (QED) is 0.354. The number of nitrogens with zero attached hydrogens (tertiary/aromatic N) is 2. The first-order chi connectivity index (χ1) is 16.8. The second-order valence-electron chi connectivity index (χ2n) is 8.77. The van der Waals surface area contributed by atoms with Crippen LogP contribution in [-0.4, -0.2) is 52.3 Å². The van der Waals surface area contributed by atoms with Crippen LogP contribution in [0.3, 0.4) is 0 Å². The molecule has 1 atom stereocenters. The van der Waals surface area contributed by atoms with E-state index in [0.29, 0.717) is 46.9 Å². The van der Waals surface area contributed by atoms with Gasteiger partial charge in [-0.05, 0) is 74.6 Å². The molecule has 0 unspecified atom stereocenters. The molecular weight excluding hydrogens is 468 g/mol. The maximum atomic E-state index is 13.2. The summed E-state index contributed by atoms with van der Waals surface area (Å²) in [5.74, 6) is 0.319. The van der Waals surface area contributed by atoms with Crippen LogP contribution >= 0.6 is 11.6 Å². The van der Waals surface area contributed by atoms with Crippen molar-refractivity contribution in [2.45, 2.75) is 38.6 Å². The summed E-state index contributed by atoms with van der Waals surface area (Å²) in [6, 6.07) is 9.46. The minimum atomic E-state index is -0.594. The molecule has 1 aliphatic heterocycles. The van der Waals surface area contributed by atoms with E-state index in [-0.39, 0.29) is 11.8 Å². The summed E-state index contributed by atoms with van der Waals surface area (Å²) in [7, 11) is 0. The first-order valence-corrected chi connectivity index (χ1v) is 12.1. The first-order valence-electron chi connectivity index (χ1n) is 11.7. The molecule has 184 valence electrons. The van der Waals surface area contributed by atoms with Gasteiger partial charge in [-0.3, -0.25) is 9.59 Å². The Morgan fingerprint density at radius 3 is 2.66 bits per heavy atom. The summed E-state index contributed by atoms with van der Waals surface area (Å²) in [5, 5.41) is 6.17. The Hall–Kier alpha value is -3.59. The largest absolute Gasteiger partial charge is 0.352 e. The highest BCUT2D eigenvalue weighted by molar-refractivity contribution is 6.31. The van der Waals surface area contributed by atoms with Crippen molar-refractivity contribution < 1.29 is 14.4 Å². The van der Waals surface area contributed by atoms with Crippen LogP contribution in [0.2, 0.25) is 5.02 Å². The van der Waals surface area contributed by atoms with Crippen molar-refractivity contribution in [3.8, 4) is 0 Å². The molecular formula is C25H29ClN6O3. The maximum absolute atomic E-state index is 13.2. The van der Waals surface area contributed by atoms with Gasteiger partial charge in [-0.25, -0.2) is 9.78 Å². The number of rotatable bonds is 8. The summed E-state index contributed by atoms with van der Waals surface area (Å²) >= 11 is 6.09. The fraction of sp³-hybridized carbons (Fsp3) is 0.360. The van der Waals surface area contributed by atoms with Crippen molar-refractivity contribution in [1.29, 1.82) is 0 Å². The van der Waals surface area contributed by atoms with Gasteiger partial charge in [0, 0.05) is 35.8 Å². The number of H-pyrrole nitrogens is 1. The molecule has 1 saturated heterocycles. The molecule has 0 bridgehead atoms. The summed E-state index contributed by atoms with van der Waals surface area (Å²) in [6.07, 6.45) is 3.14. The fourth-order valence-corrected chi connectivity index (χ4v) is 4.50. The Bertz CT molecular complexity index is 1250. The van der Waals surface area contributed by atoms with Crippen LogP contribution in [0.5, 0.6) is 0 Å². The average Bonchev–Trinajstić information content (AvgIpc) is 3.50. The van der Waals surface area contributed by atoms with Gasteiger partial charge in [0.05, 0.1) is 17.1 Å². The van der Waals surface area contributed by atoms with Crippen molar-refractivity contribution in [3.05, 3.63) is 63.9 Å². The zero-order chi connectivity index (χ0) is 24.9. The van der Waals surface area contributed by atoms with Crippen LogP contribution in [0.25, 0.3) is 11.0 Å². The Balaban J connectivity index is 1.52. The van der Waals surface area contributed by atoms with Crippen LogP contribution in [-0.2, 0) is 0 Å². The van der Waals surface area contributed by atoms with Crippen molar-refractivity contribution >= 4 is 40.5 Å². The lowest BCUT2D eigenvalue weighted by atomic mass is 10.0. The standard InChI is InChI=1S/C25H29ClN6O3/c1-15-13-16(6-8-18(15)24(34)32-11-2-3-12-32)23(33)31-20(5-4-10-28-25(27)35)22-29-19-9-7-17(26)14-21(19)30-22/h6-9,13-14,20H,2-5,10-12H2,1H3,(H,29,30)(H,31,33)(H3,27,28,35)/t20-/m0/s1. The normalized spacial score (nSPS) is 14.2. The number of urea groups is 1. The van der Waals surface area contributed by atoms with Gasteiger partial charge in [0.15, 0.2) is 0 Å². The van der Waals surface area contributed by atoms with Crippen LogP contribution < -0.4 is 16.4 Å². The third kappa shape index (κ3) is 5.92. The number of primary amides is 1. The molecule has 1 aliphatic rings. The molecule has 1 aromatic heterocycles. The van der Waals surface area contributed by atoms with Gasteiger partial charge >= 0.3 is 6.03 Å². The lowest BCUT2D eigenvalue weighted by Crippen LogP contribution is -2.32. The summed E-state index contributed by atoms with van der Waals surface area (Å²) in [4.78, 5) is 46.7. The van der Waals surface area contributed by atoms with Crippen molar-refractivity contribution in [2.24, 2.45) is 5.73 Å². The van der Waals surface area contributed by atoms with Gasteiger partial charge in [-0.1, -0.05) is 11.6 Å². The molecule has 0 radical (unpaired) electrons. The number of hydrogen-bond donors (Lipinski definition) is 4. The molecule has 4 amide bonds. The van der Waals surface area contributed by atoms with Gasteiger partial charge < -0.3 is 26.3 Å².